The average Bonchev–Trinajstić information content (AvgIpc) is 2.43. The molecule has 0 atom stereocenters. The van der Waals surface area contributed by atoms with Crippen LogP contribution in [0.1, 0.15) is 20.3 Å². The Morgan fingerprint density at radius 1 is 1.25 bits per heavy atom. The van der Waals surface area contributed by atoms with Crippen molar-refractivity contribution in [1.29, 1.82) is 0 Å². The summed E-state index contributed by atoms with van der Waals surface area (Å²) in [7, 11) is 1.65. The fourth-order valence-electron chi connectivity index (χ4n) is 1.54. The number of anilines is 1. The normalized spacial score (nSPS) is 10.4. The lowest BCUT2D eigenvalue weighted by atomic mass is 10.2. The van der Waals surface area contributed by atoms with Crippen molar-refractivity contribution in [3.63, 3.8) is 0 Å². The molecule has 0 saturated carbocycles. The molecule has 0 bridgehead atoms. The summed E-state index contributed by atoms with van der Waals surface area (Å²) >= 11 is 5.22. The van der Waals surface area contributed by atoms with Gasteiger partial charge in [-0.15, -0.1) is 0 Å². The molecule has 1 aromatic carbocycles. The molecule has 0 aliphatic heterocycles. The van der Waals surface area contributed by atoms with Gasteiger partial charge < -0.3 is 20.1 Å². The maximum atomic E-state index is 5.50. The summed E-state index contributed by atoms with van der Waals surface area (Å²) in [4.78, 5) is 0. The molecule has 112 valence electrons. The fraction of sp³-hybridized carbons (Fsp3) is 0.533. The molecule has 0 spiro atoms. The zero-order chi connectivity index (χ0) is 14.8. The van der Waals surface area contributed by atoms with E-state index < -0.39 is 0 Å². The molecule has 0 aromatic heterocycles. The minimum Gasteiger partial charge on any atom is -0.497 e. The molecule has 0 fully saturated rings. The van der Waals surface area contributed by atoms with Gasteiger partial charge in [0, 0.05) is 25.4 Å². The molecular weight excluding hydrogens is 272 g/mol. The minimum atomic E-state index is 0.584. The van der Waals surface area contributed by atoms with Crippen LogP contribution in [0.3, 0.4) is 0 Å². The first-order valence-electron chi connectivity index (χ1n) is 6.88. The number of thiocarbonyl (C=S) groups is 1. The second-order valence-corrected chi connectivity index (χ2v) is 5.34. The smallest absolute Gasteiger partial charge is 0.170 e. The van der Waals surface area contributed by atoms with Gasteiger partial charge in [0.15, 0.2) is 5.11 Å². The van der Waals surface area contributed by atoms with E-state index in [9.17, 15) is 0 Å². The van der Waals surface area contributed by atoms with Crippen molar-refractivity contribution >= 4 is 23.0 Å². The third-order valence-corrected chi connectivity index (χ3v) is 2.80. The summed E-state index contributed by atoms with van der Waals surface area (Å²) in [5.41, 5.74) is 0.944. The van der Waals surface area contributed by atoms with Crippen LogP contribution in [0.4, 0.5) is 5.69 Å². The van der Waals surface area contributed by atoms with E-state index in [1.54, 1.807) is 7.11 Å². The largest absolute Gasteiger partial charge is 0.497 e. The van der Waals surface area contributed by atoms with Crippen molar-refractivity contribution in [1.82, 2.24) is 5.32 Å². The van der Waals surface area contributed by atoms with Crippen molar-refractivity contribution in [2.24, 2.45) is 5.92 Å². The van der Waals surface area contributed by atoms with Crippen LogP contribution in [0, 0.1) is 5.92 Å². The SMILES string of the molecule is COc1ccc(NC(=S)NCCCOCC(C)C)cc1. The van der Waals surface area contributed by atoms with Crippen LogP contribution in [-0.4, -0.2) is 32.0 Å². The fourth-order valence-corrected chi connectivity index (χ4v) is 1.76. The molecule has 5 heteroatoms. The van der Waals surface area contributed by atoms with Gasteiger partial charge in [0.05, 0.1) is 7.11 Å². The summed E-state index contributed by atoms with van der Waals surface area (Å²) in [5.74, 6) is 1.41. The molecule has 1 aromatic rings. The highest BCUT2D eigenvalue weighted by Gasteiger charge is 1.98. The Kier molecular flexibility index (Phi) is 7.99. The first kappa shape index (κ1) is 16.7. The highest BCUT2D eigenvalue weighted by Crippen LogP contribution is 2.14. The molecule has 0 heterocycles. The molecule has 2 N–H and O–H groups in total. The van der Waals surface area contributed by atoms with Crippen molar-refractivity contribution in [2.45, 2.75) is 20.3 Å². The molecule has 0 radical (unpaired) electrons. The average molecular weight is 296 g/mol. The number of hydrogen-bond acceptors (Lipinski definition) is 3. The predicted molar refractivity (Wildman–Crippen MR) is 87.5 cm³/mol. The van der Waals surface area contributed by atoms with Gasteiger partial charge in [-0.05, 0) is 48.8 Å². The van der Waals surface area contributed by atoms with Crippen LogP contribution in [0.5, 0.6) is 5.75 Å². The van der Waals surface area contributed by atoms with Crippen LogP contribution >= 0.6 is 12.2 Å². The molecule has 0 amide bonds. The van der Waals surface area contributed by atoms with Gasteiger partial charge in [0.1, 0.15) is 5.75 Å². The Morgan fingerprint density at radius 3 is 2.55 bits per heavy atom. The van der Waals surface area contributed by atoms with E-state index in [0.29, 0.717) is 11.0 Å². The lowest BCUT2D eigenvalue weighted by molar-refractivity contribution is 0.108. The number of ether oxygens (including phenoxy) is 2. The highest BCUT2D eigenvalue weighted by molar-refractivity contribution is 7.80. The van der Waals surface area contributed by atoms with Crippen molar-refractivity contribution in [3.8, 4) is 5.75 Å². The second kappa shape index (κ2) is 9.55. The Morgan fingerprint density at radius 2 is 1.95 bits per heavy atom. The quantitative estimate of drug-likeness (QED) is 0.570. The topological polar surface area (TPSA) is 42.5 Å². The number of benzene rings is 1. The third kappa shape index (κ3) is 7.31. The number of nitrogens with one attached hydrogen (secondary N) is 2. The molecule has 1 rings (SSSR count). The monoisotopic (exact) mass is 296 g/mol. The van der Waals surface area contributed by atoms with E-state index in [-0.39, 0.29) is 0 Å². The van der Waals surface area contributed by atoms with Crippen LogP contribution in [-0.2, 0) is 4.74 Å². The first-order valence-corrected chi connectivity index (χ1v) is 7.29. The molecule has 4 nitrogen and oxygen atoms in total. The van der Waals surface area contributed by atoms with Crippen molar-refractivity contribution < 1.29 is 9.47 Å². The maximum Gasteiger partial charge on any atom is 0.170 e. The van der Waals surface area contributed by atoms with E-state index in [1.165, 1.54) is 0 Å². The van der Waals surface area contributed by atoms with Crippen LogP contribution in [0.25, 0.3) is 0 Å². The summed E-state index contributed by atoms with van der Waals surface area (Å²) in [5, 5.41) is 6.91. The van der Waals surface area contributed by atoms with Gasteiger partial charge in [0.25, 0.3) is 0 Å². The molecule has 20 heavy (non-hydrogen) atoms. The summed E-state index contributed by atoms with van der Waals surface area (Å²) in [6.45, 7) is 6.67. The van der Waals surface area contributed by atoms with E-state index in [0.717, 1.165) is 37.6 Å². The molecular formula is C15H24N2O2S. The zero-order valence-electron chi connectivity index (χ0n) is 12.4. The molecule has 0 aliphatic rings. The predicted octanol–water partition coefficient (Wildman–Crippen LogP) is 3.04. The second-order valence-electron chi connectivity index (χ2n) is 4.93. The lowest BCUT2D eigenvalue weighted by Gasteiger charge is -2.11. The summed E-state index contributed by atoms with van der Waals surface area (Å²) < 4.78 is 10.6. The zero-order valence-corrected chi connectivity index (χ0v) is 13.3. The van der Waals surface area contributed by atoms with E-state index in [2.05, 4.69) is 24.5 Å². The van der Waals surface area contributed by atoms with E-state index in [1.807, 2.05) is 24.3 Å². The Balaban J connectivity index is 2.13. The van der Waals surface area contributed by atoms with Gasteiger partial charge in [0.2, 0.25) is 0 Å². The standard InChI is InChI=1S/C15H24N2O2S/c1-12(2)11-19-10-4-9-16-15(20)17-13-5-7-14(18-3)8-6-13/h5-8,12H,4,9-11H2,1-3H3,(H2,16,17,20). The molecule has 0 unspecified atom stereocenters. The summed E-state index contributed by atoms with van der Waals surface area (Å²) in [6, 6.07) is 7.65. The number of methoxy groups -OCH3 is 1. The van der Waals surface area contributed by atoms with Crippen LogP contribution in [0.2, 0.25) is 0 Å². The van der Waals surface area contributed by atoms with Crippen LogP contribution in [0.15, 0.2) is 24.3 Å². The Labute approximate surface area is 126 Å². The van der Waals surface area contributed by atoms with Gasteiger partial charge >= 0.3 is 0 Å². The van der Waals surface area contributed by atoms with E-state index in [4.69, 9.17) is 21.7 Å². The molecule has 0 saturated heterocycles. The summed E-state index contributed by atoms with van der Waals surface area (Å²) in [6.07, 6.45) is 0.942. The minimum absolute atomic E-state index is 0.584. The highest BCUT2D eigenvalue weighted by atomic mass is 32.1. The van der Waals surface area contributed by atoms with Crippen molar-refractivity contribution in [2.75, 3.05) is 32.2 Å². The Hall–Kier alpha value is -1.33. The van der Waals surface area contributed by atoms with Gasteiger partial charge in [-0.25, -0.2) is 0 Å². The number of rotatable bonds is 8. The number of hydrogen-bond donors (Lipinski definition) is 2. The van der Waals surface area contributed by atoms with Gasteiger partial charge in [-0.3, -0.25) is 0 Å². The lowest BCUT2D eigenvalue weighted by Crippen LogP contribution is -2.29. The third-order valence-electron chi connectivity index (χ3n) is 2.55. The van der Waals surface area contributed by atoms with Gasteiger partial charge in [-0.2, -0.15) is 0 Å². The molecule has 0 aliphatic carbocycles. The first-order chi connectivity index (χ1) is 9.61. The van der Waals surface area contributed by atoms with Crippen molar-refractivity contribution in [3.05, 3.63) is 24.3 Å². The Bertz CT molecular complexity index is 393. The van der Waals surface area contributed by atoms with Gasteiger partial charge in [-0.1, -0.05) is 13.8 Å². The maximum absolute atomic E-state index is 5.50. The van der Waals surface area contributed by atoms with Crippen LogP contribution < -0.4 is 15.4 Å². The van der Waals surface area contributed by atoms with E-state index >= 15 is 0 Å².